The van der Waals surface area contributed by atoms with Crippen LogP contribution in [0.15, 0.2) is 24.5 Å². The Bertz CT molecular complexity index is 532. The fraction of sp³-hybridized carbons (Fsp3) is 0.826. The summed E-state index contributed by atoms with van der Waals surface area (Å²) in [6.45, 7) is 16.7. The van der Waals surface area contributed by atoms with Crippen LogP contribution in [0, 0.1) is 46.8 Å². The maximum Gasteiger partial charge on any atom is 0.0940 e. The number of ether oxygens (including phenoxy) is 1. The van der Waals surface area contributed by atoms with Gasteiger partial charge >= 0.3 is 0 Å². The van der Waals surface area contributed by atoms with Gasteiger partial charge in [-0.15, -0.1) is 0 Å². The molecule has 7 unspecified atom stereocenters. The molecular weight excluding hydrogens is 292 g/mol. The second-order valence-electron chi connectivity index (χ2n) is 10.2. The van der Waals surface area contributed by atoms with E-state index in [1.54, 1.807) is 0 Å². The van der Waals surface area contributed by atoms with E-state index in [1.165, 1.54) is 44.1 Å². The highest BCUT2D eigenvalue weighted by atomic mass is 16.5. The molecule has 1 spiro atoms. The topological polar surface area (TPSA) is 9.23 Å². The third kappa shape index (κ3) is 2.67. The molecule has 0 aromatic carbocycles. The van der Waals surface area contributed by atoms with Crippen molar-refractivity contribution in [2.75, 3.05) is 6.61 Å². The number of rotatable bonds is 3. The molecule has 4 aliphatic rings. The summed E-state index contributed by atoms with van der Waals surface area (Å²) in [4.78, 5) is 0. The third-order valence-electron chi connectivity index (χ3n) is 8.35. The fourth-order valence-corrected chi connectivity index (χ4v) is 7.17. The summed E-state index contributed by atoms with van der Waals surface area (Å²) in [5.74, 6) is 7.14. The van der Waals surface area contributed by atoms with Gasteiger partial charge in [-0.2, -0.15) is 0 Å². The zero-order valence-corrected chi connectivity index (χ0v) is 16.0. The smallest absolute Gasteiger partial charge is 0.0940 e. The average Bonchev–Trinajstić information content (AvgIpc) is 3.18. The maximum atomic E-state index is 5.92. The summed E-state index contributed by atoms with van der Waals surface area (Å²) in [7, 11) is 0. The lowest BCUT2D eigenvalue weighted by Crippen LogP contribution is -2.35. The van der Waals surface area contributed by atoms with Crippen molar-refractivity contribution in [2.24, 2.45) is 46.8 Å². The number of allylic oxidation sites excluding steroid dienone is 2. The van der Waals surface area contributed by atoms with Gasteiger partial charge in [0.2, 0.25) is 0 Å². The quantitative estimate of drug-likeness (QED) is 0.559. The van der Waals surface area contributed by atoms with Crippen LogP contribution in [0.3, 0.4) is 0 Å². The first kappa shape index (κ1) is 16.7. The summed E-state index contributed by atoms with van der Waals surface area (Å²) >= 11 is 0. The Balaban J connectivity index is 1.57. The first-order valence-electron chi connectivity index (χ1n) is 10.4. The lowest BCUT2D eigenvalue weighted by atomic mass is 9.65. The molecule has 0 aromatic rings. The van der Waals surface area contributed by atoms with E-state index in [0.29, 0.717) is 11.3 Å². The fourth-order valence-electron chi connectivity index (χ4n) is 7.17. The minimum absolute atomic E-state index is 0.436. The lowest BCUT2D eigenvalue weighted by Gasteiger charge is -2.38. The highest BCUT2D eigenvalue weighted by Crippen LogP contribution is 2.63. The third-order valence-corrected chi connectivity index (χ3v) is 8.35. The van der Waals surface area contributed by atoms with Gasteiger partial charge in [-0.05, 0) is 80.0 Å². The van der Waals surface area contributed by atoms with Crippen molar-refractivity contribution in [2.45, 2.75) is 65.7 Å². The highest BCUT2D eigenvalue weighted by Gasteiger charge is 2.56. The van der Waals surface area contributed by atoms with Crippen LogP contribution in [-0.2, 0) is 4.74 Å². The Morgan fingerprint density at radius 3 is 2.67 bits per heavy atom. The second-order valence-corrected chi connectivity index (χ2v) is 10.2. The van der Waals surface area contributed by atoms with Crippen LogP contribution in [0.4, 0.5) is 0 Å². The van der Waals surface area contributed by atoms with Crippen molar-refractivity contribution < 1.29 is 4.74 Å². The molecule has 3 saturated carbocycles. The lowest BCUT2D eigenvalue weighted by molar-refractivity contribution is 0.0731. The molecule has 0 aromatic heterocycles. The molecule has 1 aliphatic heterocycles. The molecular formula is C23H36O. The van der Waals surface area contributed by atoms with Crippen LogP contribution in [0.5, 0.6) is 0 Å². The Morgan fingerprint density at radius 1 is 1.21 bits per heavy atom. The van der Waals surface area contributed by atoms with E-state index in [0.717, 1.165) is 54.3 Å². The Morgan fingerprint density at radius 2 is 2.00 bits per heavy atom. The predicted octanol–water partition coefficient (Wildman–Crippen LogP) is 6.22. The SMILES string of the molecule is C=C1CC2(CO1)CC1CC3CC(CC(=C)C(C)C)C(C3)C(C)C2C1. The van der Waals surface area contributed by atoms with Crippen LogP contribution < -0.4 is 0 Å². The molecule has 1 saturated heterocycles. The summed E-state index contributed by atoms with van der Waals surface area (Å²) in [6, 6.07) is 0. The summed E-state index contributed by atoms with van der Waals surface area (Å²) in [5, 5.41) is 0. The first-order chi connectivity index (χ1) is 11.4. The maximum absolute atomic E-state index is 5.92. The van der Waals surface area contributed by atoms with Gasteiger partial charge in [0.15, 0.2) is 0 Å². The van der Waals surface area contributed by atoms with Gasteiger partial charge in [-0.3, -0.25) is 0 Å². The van der Waals surface area contributed by atoms with Gasteiger partial charge in [-0.1, -0.05) is 39.5 Å². The molecule has 24 heavy (non-hydrogen) atoms. The average molecular weight is 329 g/mol. The molecule has 134 valence electrons. The van der Waals surface area contributed by atoms with Gasteiger partial charge < -0.3 is 4.74 Å². The zero-order valence-electron chi connectivity index (χ0n) is 16.0. The van der Waals surface area contributed by atoms with E-state index in [1.807, 2.05) is 0 Å². The van der Waals surface area contributed by atoms with E-state index in [9.17, 15) is 0 Å². The number of fused-ring (bicyclic) bond motifs is 5. The zero-order chi connectivity index (χ0) is 17.1. The van der Waals surface area contributed by atoms with Crippen molar-refractivity contribution in [3.63, 3.8) is 0 Å². The minimum atomic E-state index is 0.436. The molecule has 4 fully saturated rings. The molecule has 1 nitrogen and oxygen atoms in total. The van der Waals surface area contributed by atoms with Gasteiger partial charge in [0.1, 0.15) is 0 Å². The van der Waals surface area contributed by atoms with Crippen LogP contribution in [0.25, 0.3) is 0 Å². The van der Waals surface area contributed by atoms with Crippen molar-refractivity contribution in [3.05, 3.63) is 24.5 Å². The van der Waals surface area contributed by atoms with Gasteiger partial charge in [0, 0.05) is 11.8 Å². The molecule has 1 heterocycles. The van der Waals surface area contributed by atoms with Crippen LogP contribution in [0.1, 0.15) is 65.7 Å². The summed E-state index contributed by atoms with van der Waals surface area (Å²) < 4.78 is 5.92. The molecule has 0 radical (unpaired) electrons. The highest BCUT2D eigenvalue weighted by molar-refractivity contribution is 5.11. The molecule has 0 N–H and O–H groups in total. The standard InChI is InChI=1S/C23H36O/c1-14(2)15(3)6-20-8-18-7-19-10-22(17(5)21(20)9-18)23(12-19)11-16(4)24-13-23/h14,17-22H,3-4,6-13H2,1-2,5H3. The van der Waals surface area contributed by atoms with Crippen LogP contribution >= 0.6 is 0 Å². The van der Waals surface area contributed by atoms with Crippen molar-refractivity contribution in [3.8, 4) is 0 Å². The number of hydrogen-bond donors (Lipinski definition) is 0. The Kier molecular flexibility index (Phi) is 4.13. The van der Waals surface area contributed by atoms with Gasteiger partial charge in [-0.25, -0.2) is 0 Å². The van der Waals surface area contributed by atoms with Crippen LogP contribution in [0.2, 0.25) is 0 Å². The van der Waals surface area contributed by atoms with E-state index < -0.39 is 0 Å². The van der Waals surface area contributed by atoms with Crippen molar-refractivity contribution in [1.82, 2.24) is 0 Å². The predicted molar refractivity (Wildman–Crippen MR) is 100 cm³/mol. The monoisotopic (exact) mass is 328 g/mol. The molecule has 4 bridgehead atoms. The molecule has 0 amide bonds. The van der Waals surface area contributed by atoms with E-state index in [4.69, 9.17) is 4.74 Å². The molecule has 3 aliphatic carbocycles. The summed E-state index contributed by atoms with van der Waals surface area (Å²) in [6.07, 6.45) is 9.73. The van der Waals surface area contributed by atoms with Gasteiger partial charge in [0.25, 0.3) is 0 Å². The minimum Gasteiger partial charge on any atom is -0.498 e. The van der Waals surface area contributed by atoms with Crippen molar-refractivity contribution in [1.29, 1.82) is 0 Å². The largest absolute Gasteiger partial charge is 0.498 e. The van der Waals surface area contributed by atoms with Crippen molar-refractivity contribution >= 4 is 0 Å². The molecule has 1 heteroatoms. The van der Waals surface area contributed by atoms with Crippen LogP contribution in [-0.4, -0.2) is 6.61 Å². The normalized spacial score (nSPS) is 47.1. The molecule has 7 atom stereocenters. The first-order valence-corrected chi connectivity index (χ1v) is 10.4. The van der Waals surface area contributed by atoms with Gasteiger partial charge in [0.05, 0.1) is 12.4 Å². The Labute approximate surface area is 148 Å². The second kappa shape index (κ2) is 5.92. The summed E-state index contributed by atoms with van der Waals surface area (Å²) in [5.41, 5.74) is 1.92. The van der Waals surface area contributed by atoms with E-state index in [2.05, 4.69) is 33.9 Å². The molecule has 4 rings (SSSR count). The van der Waals surface area contributed by atoms with E-state index in [-0.39, 0.29) is 0 Å². The van der Waals surface area contributed by atoms with E-state index >= 15 is 0 Å². The number of hydrogen-bond acceptors (Lipinski definition) is 1. The Hall–Kier alpha value is -0.720.